The first-order valence-corrected chi connectivity index (χ1v) is 7.15. The van der Waals surface area contributed by atoms with Crippen molar-refractivity contribution in [1.82, 2.24) is 5.32 Å². The summed E-state index contributed by atoms with van der Waals surface area (Å²) in [5.41, 5.74) is 1.32. The standard InChI is InChI=1S/C17H19NO2/c19-17(20)16-10-15(16)11-18-8-7-12-5-6-13-3-1-2-4-14(13)9-12/h1-6,9,15-16,18H,7-8,10-11H2,(H,19,20). The lowest BCUT2D eigenvalue weighted by Gasteiger charge is -2.05. The second-order valence-electron chi connectivity index (χ2n) is 5.58. The maximum atomic E-state index is 10.7. The number of fused-ring (bicyclic) bond motifs is 1. The van der Waals surface area contributed by atoms with E-state index < -0.39 is 5.97 Å². The van der Waals surface area contributed by atoms with Crippen molar-refractivity contribution in [3.63, 3.8) is 0 Å². The molecular weight excluding hydrogens is 250 g/mol. The van der Waals surface area contributed by atoms with Crippen LogP contribution >= 0.6 is 0 Å². The average Bonchev–Trinajstić information content (AvgIpc) is 3.23. The van der Waals surface area contributed by atoms with Crippen molar-refractivity contribution >= 4 is 16.7 Å². The van der Waals surface area contributed by atoms with E-state index in [0.717, 1.165) is 25.9 Å². The molecule has 0 aromatic heterocycles. The predicted octanol–water partition coefficient (Wildman–Crippen LogP) is 2.69. The van der Waals surface area contributed by atoms with E-state index in [4.69, 9.17) is 5.11 Å². The molecule has 0 aliphatic heterocycles. The maximum Gasteiger partial charge on any atom is 0.306 e. The van der Waals surface area contributed by atoms with E-state index in [1.807, 2.05) is 0 Å². The van der Waals surface area contributed by atoms with Gasteiger partial charge in [-0.3, -0.25) is 4.79 Å². The van der Waals surface area contributed by atoms with Crippen LogP contribution in [-0.4, -0.2) is 24.2 Å². The Bertz CT molecular complexity index is 623. The Morgan fingerprint density at radius 1 is 1.20 bits per heavy atom. The molecule has 2 aromatic carbocycles. The zero-order chi connectivity index (χ0) is 13.9. The number of carboxylic acids is 1. The van der Waals surface area contributed by atoms with Crippen LogP contribution in [-0.2, 0) is 11.2 Å². The summed E-state index contributed by atoms with van der Waals surface area (Å²) in [6, 6.07) is 14.9. The molecule has 20 heavy (non-hydrogen) atoms. The molecule has 0 heterocycles. The minimum Gasteiger partial charge on any atom is -0.481 e. The van der Waals surface area contributed by atoms with E-state index in [1.165, 1.54) is 16.3 Å². The van der Waals surface area contributed by atoms with E-state index in [2.05, 4.69) is 47.8 Å². The van der Waals surface area contributed by atoms with Crippen molar-refractivity contribution in [1.29, 1.82) is 0 Å². The molecule has 104 valence electrons. The average molecular weight is 269 g/mol. The number of nitrogens with one attached hydrogen (secondary N) is 1. The fraction of sp³-hybridized carbons (Fsp3) is 0.353. The molecule has 0 radical (unpaired) electrons. The Labute approximate surface area is 118 Å². The highest BCUT2D eigenvalue weighted by Crippen LogP contribution is 2.37. The van der Waals surface area contributed by atoms with Gasteiger partial charge in [0.25, 0.3) is 0 Å². The fourth-order valence-electron chi connectivity index (χ4n) is 2.69. The second-order valence-corrected chi connectivity index (χ2v) is 5.58. The number of hydrogen-bond acceptors (Lipinski definition) is 2. The van der Waals surface area contributed by atoms with Crippen LogP contribution < -0.4 is 5.32 Å². The zero-order valence-electron chi connectivity index (χ0n) is 11.4. The molecule has 0 amide bonds. The van der Waals surface area contributed by atoms with Gasteiger partial charge in [-0.15, -0.1) is 0 Å². The summed E-state index contributed by atoms with van der Waals surface area (Å²) in [7, 11) is 0. The van der Waals surface area contributed by atoms with Gasteiger partial charge in [0.2, 0.25) is 0 Å². The number of carbonyl (C=O) groups is 1. The molecule has 0 saturated heterocycles. The van der Waals surface area contributed by atoms with Gasteiger partial charge in [-0.2, -0.15) is 0 Å². The Hall–Kier alpha value is -1.87. The molecular formula is C17H19NO2. The maximum absolute atomic E-state index is 10.7. The van der Waals surface area contributed by atoms with Gasteiger partial charge in [-0.05, 0) is 48.2 Å². The van der Waals surface area contributed by atoms with Crippen molar-refractivity contribution in [2.24, 2.45) is 11.8 Å². The van der Waals surface area contributed by atoms with Crippen molar-refractivity contribution in [3.05, 3.63) is 48.0 Å². The zero-order valence-corrected chi connectivity index (χ0v) is 11.4. The Kier molecular flexibility index (Phi) is 3.70. The highest BCUT2D eigenvalue weighted by atomic mass is 16.4. The van der Waals surface area contributed by atoms with Crippen molar-refractivity contribution in [2.45, 2.75) is 12.8 Å². The van der Waals surface area contributed by atoms with Gasteiger partial charge >= 0.3 is 5.97 Å². The molecule has 1 fully saturated rings. The van der Waals surface area contributed by atoms with E-state index in [9.17, 15) is 4.79 Å². The van der Waals surface area contributed by atoms with Gasteiger partial charge in [0, 0.05) is 0 Å². The highest BCUT2D eigenvalue weighted by molar-refractivity contribution is 5.82. The number of hydrogen-bond donors (Lipinski definition) is 2. The number of carboxylic acid groups (broad SMARTS) is 1. The first-order chi connectivity index (χ1) is 9.74. The van der Waals surface area contributed by atoms with Crippen LogP contribution in [0.5, 0.6) is 0 Å². The van der Waals surface area contributed by atoms with Gasteiger partial charge in [0.1, 0.15) is 0 Å². The summed E-state index contributed by atoms with van der Waals surface area (Å²) < 4.78 is 0. The van der Waals surface area contributed by atoms with Crippen LogP contribution in [0.4, 0.5) is 0 Å². The minimum atomic E-state index is -0.647. The summed E-state index contributed by atoms with van der Waals surface area (Å²) in [5.74, 6) is -0.418. The second kappa shape index (κ2) is 5.63. The van der Waals surface area contributed by atoms with Crippen LogP contribution in [0.1, 0.15) is 12.0 Å². The van der Waals surface area contributed by atoms with Crippen molar-refractivity contribution in [3.8, 4) is 0 Å². The number of aliphatic carboxylic acids is 1. The van der Waals surface area contributed by atoms with E-state index in [-0.39, 0.29) is 5.92 Å². The third-order valence-corrected chi connectivity index (χ3v) is 4.05. The molecule has 2 atom stereocenters. The lowest BCUT2D eigenvalue weighted by Crippen LogP contribution is -2.21. The van der Waals surface area contributed by atoms with Gasteiger partial charge in [0.05, 0.1) is 5.92 Å². The smallest absolute Gasteiger partial charge is 0.306 e. The monoisotopic (exact) mass is 269 g/mol. The summed E-state index contributed by atoms with van der Waals surface area (Å²) >= 11 is 0. The SMILES string of the molecule is O=C(O)C1CC1CNCCc1ccc2ccccc2c1. The summed E-state index contributed by atoms with van der Waals surface area (Å²) in [6.45, 7) is 1.73. The normalized spacial score (nSPS) is 21.0. The van der Waals surface area contributed by atoms with Crippen LogP contribution in [0.3, 0.4) is 0 Å². The lowest BCUT2D eigenvalue weighted by atomic mass is 10.1. The molecule has 0 bridgehead atoms. The Morgan fingerprint density at radius 2 is 2.00 bits per heavy atom. The Morgan fingerprint density at radius 3 is 2.75 bits per heavy atom. The largest absolute Gasteiger partial charge is 0.481 e. The minimum absolute atomic E-state index is 0.108. The summed E-state index contributed by atoms with van der Waals surface area (Å²) in [4.78, 5) is 10.7. The summed E-state index contributed by atoms with van der Waals surface area (Å²) in [6.07, 6.45) is 1.81. The summed E-state index contributed by atoms with van der Waals surface area (Å²) in [5, 5.41) is 14.7. The highest BCUT2D eigenvalue weighted by Gasteiger charge is 2.42. The molecule has 3 rings (SSSR count). The van der Waals surface area contributed by atoms with E-state index in [1.54, 1.807) is 0 Å². The van der Waals surface area contributed by atoms with Crippen LogP contribution in [0.25, 0.3) is 10.8 Å². The van der Waals surface area contributed by atoms with Gasteiger partial charge < -0.3 is 10.4 Å². The van der Waals surface area contributed by atoms with Gasteiger partial charge in [-0.25, -0.2) is 0 Å². The molecule has 3 nitrogen and oxygen atoms in total. The van der Waals surface area contributed by atoms with Gasteiger partial charge in [0.15, 0.2) is 0 Å². The number of benzene rings is 2. The van der Waals surface area contributed by atoms with E-state index >= 15 is 0 Å². The number of rotatable bonds is 6. The molecule has 1 aliphatic carbocycles. The van der Waals surface area contributed by atoms with Crippen LogP contribution in [0.15, 0.2) is 42.5 Å². The fourth-order valence-corrected chi connectivity index (χ4v) is 2.69. The first-order valence-electron chi connectivity index (χ1n) is 7.15. The van der Waals surface area contributed by atoms with Crippen molar-refractivity contribution in [2.75, 3.05) is 13.1 Å². The van der Waals surface area contributed by atoms with Crippen LogP contribution in [0.2, 0.25) is 0 Å². The quantitative estimate of drug-likeness (QED) is 0.793. The third kappa shape index (κ3) is 2.99. The Balaban J connectivity index is 1.47. The third-order valence-electron chi connectivity index (χ3n) is 4.05. The molecule has 2 N–H and O–H groups in total. The molecule has 1 aliphatic rings. The van der Waals surface area contributed by atoms with Gasteiger partial charge in [-0.1, -0.05) is 42.5 Å². The van der Waals surface area contributed by atoms with E-state index in [0.29, 0.717) is 5.92 Å². The first kappa shape index (κ1) is 13.1. The molecule has 2 unspecified atom stereocenters. The molecule has 2 aromatic rings. The molecule has 3 heteroatoms. The predicted molar refractivity (Wildman–Crippen MR) is 79.8 cm³/mol. The molecule has 1 saturated carbocycles. The van der Waals surface area contributed by atoms with Crippen molar-refractivity contribution < 1.29 is 9.90 Å². The lowest BCUT2D eigenvalue weighted by molar-refractivity contribution is -0.138. The van der Waals surface area contributed by atoms with Crippen LogP contribution in [0, 0.1) is 11.8 Å². The topological polar surface area (TPSA) is 49.3 Å². The molecule has 0 spiro atoms.